The van der Waals surface area contributed by atoms with Crippen molar-refractivity contribution in [1.29, 1.82) is 0 Å². The van der Waals surface area contributed by atoms with Crippen LogP contribution in [0, 0.1) is 58.7 Å². The lowest BCUT2D eigenvalue weighted by Gasteiger charge is -2.56. The number of esters is 1. The standard InChI is InChI=1S/C34H42O6/c1-21(35)24-8-5-22(6-9-24)3-4-23-7-11-26-25(19-23)10-12-28-27(26)17-18-34(2)29(28)13-14-30(34)31(36)20-40-33(39)16-15-32(37)38/h5-6,8-9,23,25-30H,7,10-20H2,1-2H3,(H,37,38). The van der Waals surface area contributed by atoms with Gasteiger partial charge in [-0.3, -0.25) is 19.2 Å². The van der Waals surface area contributed by atoms with E-state index in [-0.39, 0.29) is 42.3 Å². The number of carbonyl (C=O) groups excluding carboxylic acids is 3. The molecule has 1 aromatic rings. The van der Waals surface area contributed by atoms with E-state index in [4.69, 9.17) is 9.84 Å². The Bertz CT molecular complexity index is 1210. The second kappa shape index (κ2) is 11.9. The Morgan fingerprint density at radius 1 is 0.925 bits per heavy atom. The average molecular weight is 547 g/mol. The Kier molecular flexibility index (Phi) is 8.50. The van der Waals surface area contributed by atoms with Crippen LogP contribution in [0.4, 0.5) is 0 Å². The molecule has 4 fully saturated rings. The average Bonchev–Trinajstić information content (AvgIpc) is 3.30. The van der Waals surface area contributed by atoms with E-state index < -0.39 is 11.9 Å². The molecule has 1 N–H and O–H groups in total. The van der Waals surface area contributed by atoms with Crippen LogP contribution in [0.1, 0.15) is 100 Å². The van der Waals surface area contributed by atoms with Gasteiger partial charge in [0, 0.05) is 23.0 Å². The molecule has 0 bridgehead atoms. The third-order valence-electron chi connectivity index (χ3n) is 11.0. The highest BCUT2D eigenvalue weighted by molar-refractivity contribution is 5.94. The summed E-state index contributed by atoms with van der Waals surface area (Å²) in [5.41, 5.74) is 1.67. The lowest BCUT2D eigenvalue weighted by molar-refractivity contribution is -0.152. The van der Waals surface area contributed by atoms with Crippen LogP contribution in [0.15, 0.2) is 24.3 Å². The van der Waals surface area contributed by atoms with E-state index in [1.165, 1.54) is 32.1 Å². The zero-order valence-electron chi connectivity index (χ0n) is 23.8. The quantitative estimate of drug-likeness (QED) is 0.252. The first-order chi connectivity index (χ1) is 19.2. The summed E-state index contributed by atoms with van der Waals surface area (Å²) in [7, 11) is 0. The molecule has 0 aromatic heterocycles. The Balaban J connectivity index is 1.16. The molecule has 8 atom stereocenters. The molecule has 6 heteroatoms. The van der Waals surface area contributed by atoms with Crippen LogP contribution in [-0.4, -0.2) is 35.2 Å². The summed E-state index contributed by atoms with van der Waals surface area (Å²) < 4.78 is 5.17. The predicted octanol–water partition coefficient (Wildman–Crippen LogP) is 6.10. The molecule has 4 aliphatic carbocycles. The number of aliphatic carboxylic acids is 1. The number of hydrogen-bond acceptors (Lipinski definition) is 5. The van der Waals surface area contributed by atoms with Crippen LogP contribution >= 0.6 is 0 Å². The third kappa shape index (κ3) is 5.90. The van der Waals surface area contributed by atoms with Crippen molar-refractivity contribution in [3.05, 3.63) is 35.4 Å². The molecular formula is C34H42O6. The molecule has 4 saturated carbocycles. The van der Waals surface area contributed by atoms with Gasteiger partial charge in [0.15, 0.2) is 11.6 Å². The lowest BCUT2D eigenvalue weighted by Crippen LogP contribution is -2.49. The molecule has 0 amide bonds. The van der Waals surface area contributed by atoms with Crippen LogP contribution in [0.5, 0.6) is 0 Å². The summed E-state index contributed by atoms with van der Waals surface area (Å²) in [4.78, 5) is 47.2. The van der Waals surface area contributed by atoms with Crippen LogP contribution in [0.25, 0.3) is 0 Å². The number of carbonyl (C=O) groups is 4. The summed E-state index contributed by atoms with van der Waals surface area (Å²) in [5.74, 6) is 9.19. The maximum Gasteiger partial charge on any atom is 0.306 e. The first-order valence-corrected chi connectivity index (χ1v) is 15.2. The summed E-state index contributed by atoms with van der Waals surface area (Å²) in [6.07, 6.45) is 9.79. The Morgan fingerprint density at radius 2 is 1.68 bits per heavy atom. The lowest BCUT2D eigenvalue weighted by atomic mass is 9.49. The Hall–Kier alpha value is -2.94. The van der Waals surface area contributed by atoms with E-state index >= 15 is 0 Å². The van der Waals surface area contributed by atoms with E-state index in [9.17, 15) is 19.2 Å². The van der Waals surface area contributed by atoms with Crippen molar-refractivity contribution in [3.8, 4) is 11.8 Å². The van der Waals surface area contributed by atoms with Gasteiger partial charge in [0.1, 0.15) is 6.61 Å². The predicted molar refractivity (Wildman–Crippen MR) is 150 cm³/mol. The smallest absolute Gasteiger partial charge is 0.306 e. The minimum Gasteiger partial charge on any atom is -0.481 e. The molecule has 0 heterocycles. The first-order valence-electron chi connectivity index (χ1n) is 15.2. The van der Waals surface area contributed by atoms with Crippen LogP contribution in [0.2, 0.25) is 0 Å². The number of ketones is 2. The van der Waals surface area contributed by atoms with Gasteiger partial charge in [0.25, 0.3) is 0 Å². The van der Waals surface area contributed by atoms with Crippen LogP contribution in [-0.2, 0) is 19.1 Å². The molecule has 0 spiro atoms. The number of carboxylic acid groups (broad SMARTS) is 1. The molecule has 214 valence electrons. The fourth-order valence-corrected chi connectivity index (χ4v) is 9.02. The van der Waals surface area contributed by atoms with Crippen molar-refractivity contribution in [2.45, 2.75) is 84.5 Å². The molecule has 1 aromatic carbocycles. The van der Waals surface area contributed by atoms with Gasteiger partial charge in [-0.25, -0.2) is 0 Å². The third-order valence-corrected chi connectivity index (χ3v) is 11.0. The van der Waals surface area contributed by atoms with Crippen molar-refractivity contribution in [3.63, 3.8) is 0 Å². The fourth-order valence-electron chi connectivity index (χ4n) is 9.02. The van der Waals surface area contributed by atoms with Crippen molar-refractivity contribution >= 4 is 23.5 Å². The molecule has 0 radical (unpaired) electrons. The van der Waals surface area contributed by atoms with Crippen molar-refractivity contribution in [2.75, 3.05) is 6.61 Å². The molecular weight excluding hydrogens is 504 g/mol. The molecule has 4 aliphatic rings. The van der Waals surface area contributed by atoms with Crippen molar-refractivity contribution in [2.24, 2.45) is 46.8 Å². The molecule has 8 unspecified atom stereocenters. The first kappa shape index (κ1) is 28.6. The Morgan fingerprint density at radius 3 is 2.40 bits per heavy atom. The fraction of sp³-hybridized carbons (Fsp3) is 0.647. The number of rotatable bonds is 7. The maximum absolute atomic E-state index is 13.2. The molecule has 40 heavy (non-hydrogen) atoms. The molecule has 0 saturated heterocycles. The normalized spacial score (nSPS) is 34.3. The number of Topliss-reactive ketones (excluding diaryl/α,β-unsaturated/α-hetero) is 2. The molecule has 0 aliphatic heterocycles. The van der Waals surface area contributed by atoms with E-state index in [0.717, 1.165) is 54.6 Å². The summed E-state index contributed by atoms with van der Waals surface area (Å²) in [5, 5.41) is 8.76. The summed E-state index contributed by atoms with van der Waals surface area (Å²) in [6, 6.07) is 7.61. The molecule has 6 nitrogen and oxygen atoms in total. The van der Waals surface area contributed by atoms with Gasteiger partial charge in [0.2, 0.25) is 0 Å². The Labute approximate surface area is 237 Å². The second-order valence-corrected chi connectivity index (χ2v) is 13.0. The second-order valence-electron chi connectivity index (χ2n) is 13.0. The van der Waals surface area contributed by atoms with Crippen LogP contribution < -0.4 is 0 Å². The highest BCUT2D eigenvalue weighted by Gasteiger charge is 2.58. The van der Waals surface area contributed by atoms with E-state index in [1.807, 2.05) is 24.3 Å². The topological polar surface area (TPSA) is 97.7 Å². The monoisotopic (exact) mass is 546 g/mol. The van der Waals surface area contributed by atoms with Crippen LogP contribution in [0.3, 0.4) is 0 Å². The van der Waals surface area contributed by atoms with Crippen molar-refractivity contribution < 1.29 is 29.0 Å². The number of benzene rings is 1. The van der Waals surface area contributed by atoms with E-state index in [0.29, 0.717) is 17.8 Å². The van der Waals surface area contributed by atoms with Gasteiger partial charge >= 0.3 is 11.9 Å². The van der Waals surface area contributed by atoms with Gasteiger partial charge in [-0.2, -0.15) is 0 Å². The maximum atomic E-state index is 13.2. The SMILES string of the molecule is CC(=O)c1ccc(C#CC2CCC3C(CCC4C3CCC3(C)C(C(=O)COC(=O)CCC(=O)O)CCC43)C2)cc1. The minimum absolute atomic E-state index is 0.0100. The number of fused-ring (bicyclic) bond motifs is 5. The highest BCUT2D eigenvalue weighted by atomic mass is 16.5. The van der Waals surface area contributed by atoms with Gasteiger partial charge in [-0.15, -0.1) is 0 Å². The summed E-state index contributed by atoms with van der Waals surface area (Å²) >= 11 is 0. The largest absolute Gasteiger partial charge is 0.481 e. The highest BCUT2D eigenvalue weighted by Crippen LogP contribution is 2.64. The van der Waals surface area contributed by atoms with Gasteiger partial charge in [-0.1, -0.05) is 30.9 Å². The zero-order chi connectivity index (χ0) is 28.4. The van der Waals surface area contributed by atoms with Gasteiger partial charge in [0.05, 0.1) is 12.8 Å². The van der Waals surface area contributed by atoms with E-state index in [2.05, 4.69) is 18.8 Å². The van der Waals surface area contributed by atoms with Gasteiger partial charge < -0.3 is 9.84 Å². The van der Waals surface area contributed by atoms with E-state index in [1.54, 1.807) is 6.92 Å². The number of hydrogen-bond donors (Lipinski definition) is 1. The zero-order valence-corrected chi connectivity index (χ0v) is 23.8. The number of ether oxygens (including phenoxy) is 1. The van der Waals surface area contributed by atoms with Gasteiger partial charge in [-0.05, 0) is 112 Å². The minimum atomic E-state index is -1.04. The molecule has 5 rings (SSSR count). The van der Waals surface area contributed by atoms with Crippen molar-refractivity contribution in [1.82, 2.24) is 0 Å². The summed E-state index contributed by atoms with van der Waals surface area (Å²) in [6.45, 7) is 3.66. The number of carboxylic acids is 1.